The van der Waals surface area contributed by atoms with Crippen molar-refractivity contribution in [1.29, 1.82) is 0 Å². The van der Waals surface area contributed by atoms with Gasteiger partial charge in [-0.25, -0.2) is 0 Å². The van der Waals surface area contributed by atoms with Crippen molar-refractivity contribution in [3.05, 3.63) is 29.3 Å². The van der Waals surface area contributed by atoms with Crippen LogP contribution in [0.5, 0.6) is 0 Å². The highest BCUT2D eigenvalue weighted by Crippen LogP contribution is 2.40. The first-order chi connectivity index (χ1) is 10.4. The van der Waals surface area contributed by atoms with Gasteiger partial charge in [-0.15, -0.1) is 0 Å². The molecule has 1 aliphatic heterocycles. The molecule has 1 amide bonds. The molecule has 0 saturated carbocycles. The summed E-state index contributed by atoms with van der Waals surface area (Å²) in [6, 6.07) is 5.77. The van der Waals surface area contributed by atoms with Crippen LogP contribution in [-0.2, 0) is 10.2 Å². The highest BCUT2D eigenvalue weighted by atomic mass is 16.2. The standard InChI is InChI=1S/C19H27NO2/c1-5-6-7-8-11-20-17-10-9-15(14(2)21)12-16(17)19(3,4)13-18(20)22/h9-10,12H,5-8,11,13H2,1-4H3. The second-order valence-electron chi connectivity index (χ2n) is 6.95. The maximum absolute atomic E-state index is 12.5. The minimum atomic E-state index is -0.211. The maximum atomic E-state index is 12.5. The fourth-order valence-corrected chi connectivity index (χ4v) is 3.18. The Morgan fingerprint density at radius 2 is 1.95 bits per heavy atom. The molecular weight excluding hydrogens is 274 g/mol. The molecule has 3 nitrogen and oxygen atoms in total. The summed E-state index contributed by atoms with van der Waals surface area (Å²) in [5.41, 5.74) is 2.63. The van der Waals surface area contributed by atoms with Crippen LogP contribution in [0.2, 0.25) is 0 Å². The van der Waals surface area contributed by atoms with Crippen LogP contribution in [0.15, 0.2) is 18.2 Å². The molecule has 3 heteroatoms. The fourth-order valence-electron chi connectivity index (χ4n) is 3.18. The highest BCUT2D eigenvalue weighted by Gasteiger charge is 2.36. The number of ketones is 1. The number of anilines is 1. The van der Waals surface area contributed by atoms with Crippen molar-refractivity contribution >= 4 is 17.4 Å². The van der Waals surface area contributed by atoms with Gasteiger partial charge in [0.15, 0.2) is 5.78 Å². The normalized spacial score (nSPS) is 16.5. The molecule has 0 fully saturated rings. The van der Waals surface area contributed by atoms with Crippen LogP contribution in [0, 0.1) is 0 Å². The SMILES string of the molecule is CCCCCCN1C(=O)CC(C)(C)c2cc(C(C)=O)ccc21. The Labute approximate surface area is 133 Å². The third kappa shape index (κ3) is 3.40. The minimum absolute atomic E-state index is 0.0741. The van der Waals surface area contributed by atoms with E-state index in [0.29, 0.717) is 6.42 Å². The molecule has 120 valence electrons. The van der Waals surface area contributed by atoms with Crippen LogP contribution in [-0.4, -0.2) is 18.2 Å². The van der Waals surface area contributed by atoms with Crippen LogP contribution < -0.4 is 4.90 Å². The molecule has 0 N–H and O–H groups in total. The number of amides is 1. The van der Waals surface area contributed by atoms with Crippen LogP contribution >= 0.6 is 0 Å². The van der Waals surface area contributed by atoms with Gasteiger partial charge >= 0.3 is 0 Å². The summed E-state index contributed by atoms with van der Waals surface area (Å²) < 4.78 is 0. The van der Waals surface area contributed by atoms with Gasteiger partial charge in [-0.3, -0.25) is 9.59 Å². The molecule has 0 unspecified atom stereocenters. The van der Waals surface area contributed by atoms with Gasteiger partial charge in [0.2, 0.25) is 5.91 Å². The van der Waals surface area contributed by atoms with E-state index in [9.17, 15) is 9.59 Å². The van der Waals surface area contributed by atoms with Gasteiger partial charge in [-0.1, -0.05) is 40.0 Å². The molecule has 1 heterocycles. The third-order valence-electron chi connectivity index (χ3n) is 4.55. The second kappa shape index (κ2) is 6.64. The van der Waals surface area contributed by atoms with E-state index in [2.05, 4.69) is 20.8 Å². The number of fused-ring (bicyclic) bond motifs is 1. The topological polar surface area (TPSA) is 37.4 Å². The lowest BCUT2D eigenvalue weighted by atomic mass is 9.76. The molecule has 1 aliphatic rings. The molecule has 0 spiro atoms. The number of unbranched alkanes of at least 4 members (excludes halogenated alkanes) is 3. The predicted octanol–water partition coefficient (Wildman–Crippen LogP) is 4.48. The zero-order valence-corrected chi connectivity index (χ0v) is 14.2. The summed E-state index contributed by atoms with van der Waals surface area (Å²) in [5, 5.41) is 0. The predicted molar refractivity (Wildman–Crippen MR) is 90.6 cm³/mol. The summed E-state index contributed by atoms with van der Waals surface area (Å²) in [4.78, 5) is 26.1. The molecule has 0 aromatic heterocycles. The third-order valence-corrected chi connectivity index (χ3v) is 4.55. The summed E-state index contributed by atoms with van der Waals surface area (Å²) >= 11 is 0. The summed E-state index contributed by atoms with van der Waals surface area (Å²) in [5.74, 6) is 0.273. The number of carbonyl (C=O) groups is 2. The van der Waals surface area contributed by atoms with Crippen molar-refractivity contribution in [2.45, 2.75) is 65.2 Å². The quantitative estimate of drug-likeness (QED) is 0.573. The minimum Gasteiger partial charge on any atom is -0.312 e. The Morgan fingerprint density at radius 1 is 1.23 bits per heavy atom. The lowest BCUT2D eigenvalue weighted by molar-refractivity contribution is -0.120. The number of carbonyl (C=O) groups excluding carboxylic acids is 2. The van der Waals surface area contributed by atoms with Crippen molar-refractivity contribution in [1.82, 2.24) is 0 Å². The Bertz CT molecular complexity index is 575. The first kappa shape index (κ1) is 16.7. The smallest absolute Gasteiger partial charge is 0.227 e. The Balaban J connectivity index is 2.31. The summed E-state index contributed by atoms with van der Waals surface area (Å²) in [7, 11) is 0. The molecule has 1 aromatic carbocycles. The van der Waals surface area contributed by atoms with Gasteiger partial charge in [-0.2, -0.15) is 0 Å². The number of rotatable bonds is 6. The van der Waals surface area contributed by atoms with Gasteiger partial charge in [0.25, 0.3) is 0 Å². The molecule has 0 radical (unpaired) electrons. The van der Waals surface area contributed by atoms with Crippen LogP contribution in [0.4, 0.5) is 5.69 Å². The molecule has 0 bridgehead atoms. The maximum Gasteiger partial charge on any atom is 0.227 e. The molecule has 0 saturated heterocycles. The lowest BCUT2D eigenvalue weighted by Gasteiger charge is -2.39. The van der Waals surface area contributed by atoms with E-state index in [-0.39, 0.29) is 17.1 Å². The first-order valence-electron chi connectivity index (χ1n) is 8.32. The van der Waals surface area contributed by atoms with Crippen LogP contribution in [0.3, 0.4) is 0 Å². The van der Waals surface area contributed by atoms with Crippen molar-refractivity contribution in [2.75, 3.05) is 11.4 Å². The zero-order valence-electron chi connectivity index (χ0n) is 14.2. The van der Waals surface area contributed by atoms with E-state index < -0.39 is 0 Å². The molecule has 2 rings (SSSR count). The number of Topliss-reactive ketones (excluding diaryl/α,β-unsaturated/α-hetero) is 1. The Hall–Kier alpha value is -1.64. The van der Waals surface area contributed by atoms with E-state index in [1.165, 1.54) is 12.8 Å². The van der Waals surface area contributed by atoms with E-state index in [4.69, 9.17) is 0 Å². The average molecular weight is 301 g/mol. The van der Waals surface area contributed by atoms with Crippen LogP contribution in [0.25, 0.3) is 0 Å². The first-order valence-corrected chi connectivity index (χ1v) is 8.32. The zero-order chi connectivity index (χ0) is 16.3. The number of hydrogen-bond donors (Lipinski definition) is 0. The number of nitrogens with zero attached hydrogens (tertiary/aromatic N) is 1. The largest absolute Gasteiger partial charge is 0.312 e. The average Bonchev–Trinajstić information content (AvgIpc) is 2.45. The van der Waals surface area contributed by atoms with Crippen molar-refractivity contribution in [3.8, 4) is 0 Å². The summed E-state index contributed by atoms with van der Waals surface area (Å²) in [6.45, 7) is 8.73. The molecule has 0 aliphatic carbocycles. The number of hydrogen-bond acceptors (Lipinski definition) is 2. The van der Waals surface area contributed by atoms with E-state index in [1.54, 1.807) is 6.92 Å². The molecule has 22 heavy (non-hydrogen) atoms. The Morgan fingerprint density at radius 3 is 2.59 bits per heavy atom. The van der Waals surface area contributed by atoms with E-state index in [0.717, 1.165) is 36.2 Å². The molecule has 1 aromatic rings. The van der Waals surface area contributed by atoms with Crippen molar-refractivity contribution in [3.63, 3.8) is 0 Å². The van der Waals surface area contributed by atoms with E-state index in [1.807, 2.05) is 23.1 Å². The number of benzene rings is 1. The Kier molecular flexibility index (Phi) is 5.05. The molecule has 0 atom stereocenters. The van der Waals surface area contributed by atoms with Gasteiger partial charge in [-0.05, 0) is 37.1 Å². The van der Waals surface area contributed by atoms with E-state index >= 15 is 0 Å². The second-order valence-corrected chi connectivity index (χ2v) is 6.95. The monoisotopic (exact) mass is 301 g/mol. The highest BCUT2D eigenvalue weighted by molar-refractivity contribution is 6.00. The lowest BCUT2D eigenvalue weighted by Crippen LogP contribution is -2.42. The fraction of sp³-hybridized carbons (Fsp3) is 0.579. The van der Waals surface area contributed by atoms with Crippen molar-refractivity contribution < 1.29 is 9.59 Å². The van der Waals surface area contributed by atoms with Crippen LogP contribution in [0.1, 0.15) is 75.7 Å². The van der Waals surface area contributed by atoms with Gasteiger partial charge < -0.3 is 4.90 Å². The van der Waals surface area contributed by atoms with Crippen molar-refractivity contribution in [2.24, 2.45) is 0 Å². The van der Waals surface area contributed by atoms with Gasteiger partial charge in [0, 0.05) is 29.6 Å². The molecular formula is C19H27NO2. The van der Waals surface area contributed by atoms with Gasteiger partial charge in [0.1, 0.15) is 0 Å². The summed E-state index contributed by atoms with van der Waals surface area (Å²) in [6.07, 6.45) is 5.11. The van der Waals surface area contributed by atoms with Gasteiger partial charge in [0.05, 0.1) is 0 Å².